The highest BCUT2D eigenvalue weighted by atomic mass is 16.3. The Labute approximate surface area is 105 Å². The second-order valence-electron chi connectivity index (χ2n) is 3.99. The van der Waals surface area contributed by atoms with Gasteiger partial charge < -0.3 is 16.2 Å². The van der Waals surface area contributed by atoms with Crippen molar-refractivity contribution < 1.29 is 9.90 Å². The molecule has 0 spiro atoms. The van der Waals surface area contributed by atoms with Gasteiger partial charge in [-0.3, -0.25) is 4.79 Å². The molecular formula is C14H14N2O2. The molecule has 0 saturated carbocycles. The van der Waals surface area contributed by atoms with Crippen molar-refractivity contribution in [3.05, 3.63) is 54.1 Å². The van der Waals surface area contributed by atoms with Crippen molar-refractivity contribution in [1.29, 1.82) is 0 Å². The van der Waals surface area contributed by atoms with Crippen LogP contribution in [0.4, 0.5) is 11.4 Å². The Balaban J connectivity index is 2.05. The predicted molar refractivity (Wildman–Crippen MR) is 71.3 cm³/mol. The number of nitrogen functional groups attached to an aromatic ring is 1. The molecule has 2 aromatic rings. The molecule has 2 aromatic carbocycles. The van der Waals surface area contributed by atoms with Crippen molar-refractivity contribution in [2.45, 2.75) is 6.42 Å². The van der Waals surface area contributed by atoms with Crippen molar-refractivity contribution in [1.82, 2.24) is 0 Å². The molecule has 1 amide bonds. The van der Waals surface area contributed by atoms with E-state index in [1.807, 2.05) is 30.3 Å². The Morgan fingerprint density at radius 3 is 2.61 bits per heavy atom. The third kappa shape index (κ3) is 3.01. The molecule has 0 fully saturated rings. The van der Waals surface area contributed by atoms with Gasteiger partial charge in [-0.15, -0.1) is 0 Å². The van der Waals surface area contributed by atoms with Crippen LogP contribution in [0.15, 0.2) is 48.5 Å². The zero-order valence-corrected chi connectivity index (χ0v) is 9.76. The molecule has 92 valence electrons. The smallest absolute Gasteiger partial charge is 0.228 e. The molecule has 0 radical (unpaired) electrons. The number of carbonyl (C=O) groups excluding carboxylic acids is 1. The average molecular weight is 242 g/mol. The maximum absolute atomic E-state index is 11.8. The molecule has 4 N–H and O–H groups in total. The van der Waals surface area contributed by atoms with Crippen LogP contribution in [0, 0.1) is 0 Å². The number of phenols is 1. The number of anilines is 2. The number of hydrogen-bond donors (Lipinski definition) is 3. The highest BCUT2D eigenvalue weighted by molar-refractivity contribution is 5.94. The fraction of sp³-hybridized carbons (Fsp3) is 0.0714. The quantitative estimate of drug-likeness (QED) is 0.438. The number of amides is 1. The van der Waals surface area contributed by atoms with E-state index < -0.39 is 0 Å². The first-order chi connectivity index (χ1) is 8.65. The number of nitrogens with one attached hydrogen (secondary N) is 1. The molecule has 4 heteroatoms. The third-order valence-corrected chi connectivity index (χ3v) is 2.50. The van der Waals surface area contributed by atoms with E-state index in [4.69, 9.17) is 5.73 Å². The van der Waals surface area contributed by atoms with Gasteiger partial charge in [0.1, 0.15) is 5.75 Å². The minimum Gasteiger partial charge on any atom is -0.506 e. The van der Waals surface area contributed by atoms with Gasteiger partial charge in [0.15, 0.2) is 0 Å². The van der Waals surface area contributed by atoms with Gasteiger partial charge in [0.25, 0.3) is 0 Å². The molecule has 0 atom stereocenters. The second-order valence-corrected chi connectivity index (χ2v) is 3.99. The Bertz CT molecular complexity index is 553. The lowest BCUT2D eigenvalue weighted by Crippen LogP contribution is -2.14. The van der Waals surface area contributed by atoms with Crippen LogP contribution >= 0.6 is 0 Å². The van der Waals surface area contributed by atoms with Crippen molar-refractivity contribution in [3.63, 3.8) is 0 Å². The molecule has 4 nitrogen and oxygen atoms in total. The highest BCUT2D eigenvalue weighted by Crippen LogP contribution is 2.25. The predicted octanol–water partition coefficient (Wildman–Crippen LogP) is 2.16. The largest absolute Gasteiger partial charge is 0.506 e. The number of carbonyl (C=O) groups is 1. The van der Waals surface area contributed by atoms with E-state index in [2.05, 4.69) is 5.32 Å². The van der Waals surface area contributed by atoms with Gasteiger partial charge in [0.2, 0.25) is 5.91 Å². The molecule has 0 aromatic heterocycles. The fourth-order valence-corrected chi connectivity index (χ4v) is 1.63. The number of benzene rings is 2. The van der Waals surface area contributed by atoms with Crippen LogP contribution < -0.4 is 11.1 Å². The van der Waals surface area contributed by atoms with E-state index in [-0.39, 0.29) is 18.1 Å². The number of nitrogens with two attached hydrogens (primary N) is 1. The summed E-state index contributed by atoms with van der Waals surface area (Å²) in [6.07, 6.45) is 0.259. The van der Waals surface area contributed by atoms with Gasteiger partial charge in [0, 0.05) is 5.69 Å². The van der Waals surface area contributed by atoms with Crippen molar-refractivity contribution >= 4 is 17.3 Å². The van der Waals surface area contributed by atoms with E-state index in [0.717, 1.165) is 5.56 Å². The summed E-state index contributed by atoms with van der Waals surface area (Å²) in [5.74, 6) is -0.187. The highest BCUT2D eigenvalue weighted by Gasteiger charge is 2.07. The topological polar surface area (TPSA) is 75.3 Å². The first-order valence-electron chi connectivity index (χ1n) is 5.57. The third-order valence-electron chi connectivity index (χ3n) is 2.50. The number of rotatable bonds is 3. The normalized spacial score (nSPS) is 10.0. The van der Waals surface area contributed by atoms with Gasteiger partial charge in [-0.1, -0.05) is 30.3 Å². The van der Waals surface area contributed by atoms with Crippen molar-refractivity contribution in [3.8, 4) is 5.75 Å². The molecule has 0 bridgehead atoms. The number of hydrogen-bond acceptors (Lipinski definition) is 3. The van der Waals surface area contributed by atoms with Gasteiger partial charge in [-0.05, 0) is 23.8 Å². The molecule has 0 aliphatic rings. The van der Waals surface area contributed by atoms with Crippen LogP contribution in [0.3, 0.4) is 0 Å². The summed E-state index contributed by atoms with van der Waals surface area (Å²) in [4.78, 5) is 11.8. The van der Waals surface area contributed by atoms with Gasteiger partial charge in [0.05, 0.1) is 12.1 Å². The Morgan fingerprint density at radius 2 is 1.89 bits per heavy atom. The van der Waals surface area contributed by atoms with E-state index in [1.54, 1.807) is 6.07 Å². The van der Waals surface area contributed by atoms with Crippen LogP contribution in [0.2, 0.25) is 0 Å². The van der Waals surface area contributed by atoms with Crippen LogP contribution in [0.5, 0.6) is 5.75 Å². The Hall–Kier alpha value is -2.49. The van der Waals surface area contributed by atoms with E-state index in [0.29, 0.717) is 11.4 Å². The molecule has 0 heterocycles. The van der Waals surface area contributed by atoms with E-state index >= 15 is 0 Å². The summed E-state index contributed by atoms with van der Waals surface area (Å²) in [6.45, 7) is 0. The number of phenolic OH excluding ortho intramolecular Hbond substituents is 1. The molecular weight excluding hydrogens is 228 g/mol. The summed E-state index contributed by atoms with van der Waals surface area (Å²) in [5, 5.41) is 12.2. The van der Waals surface area contributed by atoms with Gasteiger partial charge in [-0.25, -0.2) is 0 Å². The zero-order valence-electron chi connectivity index (χ0n) is 9.76. The minimum atomic E-state index is -0.192. The lowest BCUT2D eigenvalue weighted by molar-refractivity contribution is -0.115. The summed E-state index contributed by atoms with van der Waals surface area (Å²) in [5.41, 5.74) is 7.33. The fourth-order valence-electron chi connectivity index (χ4n) is 1.63. The lowest BCUT2D eigenvalue weighted by atomic mass is 10.1. The van der Waals surface area contributed by atoms with Crippen molar-refractivity contribution in [2.24, 2.45) is 0 Å². The van der Waals surface area contributed by atoms with Crippen LogP contribution in [-0.2, 0) is 11.2 Å². The zero-order chi connectivity index (χ0) is 13.0. The maximum Gasteiger partial charge on any atom is 0.228 e. The van der Waals surface area contributed by atoms with E-state index in [1.165, 1.54) is 12.1 Å². The SMILES string of the molecule is Nc1ccc(O)c(NC(=O)Cc2ccccc2)c1. The van der Waals surface area contributed by atoms with Crippen LogP contribution in [-0.4, -0.2) is 11.0 Å². The van der Waals surface area contributed by atoms with Crippen molar-refractivity contribution in [2.75, 3.05) is 11.1 Å². The molecule has 0 aliphatic heterocycles. The first kappa shape index (κ1) is 12.0. The standard InChI is InChI=1S/C14H14N2O2/c15-11-6-7-13(17)12(9-11)16-14(18)8-10-4-2-1-3-5-10/h1-7,9,17H,8,15H2,(H,16,18). The Kier molecular flexibility index (Phi) is 3.48. The van der Waals surface area contributed by atoms with Crippen LogP contribution in [0.25, 0.3) is 0 Å². The second kappa shape index (κ2) is 5.23. The average Bonchev–Trinajstić information content (AvgIpc) is 2.35. The molecule has 0 unspecified atom stereocenters. The maximum atomic E-state index is 11.8. The molecule has 0 saturated heterocycles. The lowest BCUT2D eigenvalue weighted by Gasteiger charge is -2.08. The number of aromatic hydroxyl groups is 1. The Morgan fingerprint density at radius 1 is 1.17 bits per heavy atom. The monoisotopic (exact) mass is 242 g/mol. The van der Waals surface area contributed by atoms with Crippen LogP contribution in [0.1, 0.15) is 5.56 Å². The summed E-state index contributed by atoms with van der Waals surface area (Å²) in [7, 11) is 0. The summed E-state index contributed by atoms with van der Waals surface area (Å²) < 4.78 is 0. The summed E-state index contributed by atoms with van der Waals surface area (Å²) in [6, 6.07) is 13.9. The van der Waals surface area contributed by atoms with Gasteiger partial charge in [-0.2, -0.15) is 0 Å². The molecule has 18 heavy (non-hydrogen) atoms. The summed E-state index contributed by atoms with van der Waals surface area (Å²) >= 11 is 0. The molecule has 0 aliphatic carbocycles. The molecule has 2 rings (SSSR count). The van der Waals surface area contributed by atoms with Gasteiger partial charge >= 0.3 is 0 Å². The van der Waals surface area contributed by atoms with E-state index in [9.17, 15) is 9.90 Å². The first-order valence-corrected chi connectivity index (χ1v) is 5.57. The minimum absolute atomic E-state index is 0.00520.